The molecule has 0 aliphatic rings. The van der Waals surface area contributed by atoms with E-state index >= 15 is 0 Å². The van der Waals surface area contributed by atoms with E-state index in [1.165, 1.54) is 16.3 Å². The first-order valence-electron chi connectivity index (χ1n) is 8.43. The fourth-order valence-corrected chi connectivity index (χ4v) is 3.67. The number of fused-ring (bicyclic) bond motifs is 5. The lowest BCUT2D eigenvalue weighted by Gasteiger charge is -2.13. The summed E-state index contributed by atoms with van der Waals surface area (Å²) < 4.78 is 1.91. The highest BCUT2D eigenvalue weighted by atomic mass is 15.3. The molecular formula is C22H17N3. The van der Waals surface area contributed by atoms with Crippen molar-refractivity contribution < 1.29 is 0 Å². The van der Waals surface area contributed by atoms with Crippen molar-refractivity contribution in [1.82, 2.24) is 9.61 Å². The van der Waals surface area contributed by atoms with Crippen molar-refractivity contribution in [3.8, 4) is 0 Å². The van der Waals surface area contributed by atoms with Gasteiger partial charge in [-0.25, -0.2) is 4.52 Å². The summed E-state index contributed by atoms with van der Waals surface area (Å²) >= 11 is 0. The molecule has 0 aliphatic heterocycles. The quantitative estimate of drug-likeness (QED) is 0.506. The molecule has 0 atom stereocenters. The van der Waals surface area contributed by atoms with Crippen molar-refractivity contribution in [1.29, 1.82) is 0 Å². The zero-order chi connectivity index (χ0) is 16.8. The Labute approximate surface area is 145 Å². The number of nitrogen functional groups attached to an aromatic ring is 1. The van der Waals surface area contributed by atoms with E-state index in [4.69, 9.17) is 10.8 Å². The molecule has 5 rings (SSSR count). The van der Waals surface area contributed by atoms with E-state index in [0.717, 1.165) is 28.4 Å². The molecule has 5 aromatic rings. The Morgan fingerprint density at radius 1 is 0.720 bits per heavy atom. The van der Waals surface area contributed by atoms with Gasteiger partial charge in [0.25, 0.3) is 0 Å². The van der Waals surface area contributed by atoms with Crippen molar-refractivity contribution in [3.05, 3.63) is 90.0 Å². The van der Waals surface area contributed by atoms with Crippen LogP contribution in [0.15, 0.2) is 78.9 Å². The Morgan fingerprint density at radius 2 is 1.36 bits per heavy atom. The van der Waals surface area contributed by atoms with Crippen LogP contribution in [0.2, 0.25) is 0 Å². The number of aromatic nitrogens is 2. The number of anilines is 1. The third-order valence-electron chi connectivity index (χ3n) is 4.85. The van der Waals surface area contributed by atoms with Crippen LogP contribution in [0.25, 0.3) is 27.2 Å². The number of hydrogen-bond donors (Lipinski definition) is 1. The molecule has 0 bridgehead atoms. The van der Waals surface area contributed by atoms with Crippen molar-refractivity contribution in [2.75, 3.05) is 5.73 Å². The van der Waals surface area contributed by atoms with Gasteiger partial charge in [0.1, 0.15) is 5.82 Å². The number of benzene rings is 3. The summed E-state index contributed by atoms with van der Waals surface area (Å²) in [6.07, 6.45) is 0.791. The maximum absolute atomic E-state index is 6.60. The number of nitrogens with zero attached hydrogens (tertiary/aromatic N) is 2. The van der Waals surface area contributed by atoms with Crippen LogP contribution in [-0.2, 0) is 6.42 Å². The van der Waals surface area contributed by atoms with Gasteiger partial charge >= 0.3 is 0 Å². The minimum absolute atomic E-state index is 0.716. The monoisotopic (exact) mass is 323 g/mol. The van der Waals surface area contributed by atoms with Crippen LogP contribution in [0.3, 0.4) is 0 Å². The van der Waals surface area contributed by atoms with Crippen molar-refractivity contribution in [3.63, 3.8) is 0 Å². The Balaban J connectivity index is 1.91. The van der Waals surface area contributed by atoms with E-state index in [1.807, 2.05) is 28.8 Å². The van der Waals surface area contributed by atoms with Crippen LogP contribution in [0.1, 0.15) is 11.1 Å². The topological polar surface area (TPSA) is 43.3 Å². The third kappa shape index (κ3) is 2.09. The van der Waals surface area contributed by atoms with E-state index in [1.54, 1.807) is 0 Å². The zero-order valence-electron chi connectivity index (χ0n) is 13.7. The second kappa shape index (κ2) is 5.35. The summed E-state index contributed by atoms with van der Waals surface area (Å²) in [5.74, 6) is 0.716. The van der Waals surface area contributed by atoms with Gasteiger partial charge in [-0.2, -0.15) is 5.10 Å². The number of rotatable bonds is 2. The molecule has 2 heterocycles. The summed E-state index contributed by atoms with van der Waals surface area (Å²) in [7, 11) is 0. The summed E-state index contributed by atoms with van der Waals surface area (Å²) in [5.41, 5.74) is 11.0. The largest absolute Gasteiger partial charge is 0.383 e. The van der Waals surface area contributed by atoms with Crippen LogP contribution < -0.4 is 5.73 Å². The lowest BCUT2D eigenvalue weighted by molar-refractivity contribution is 0.983. The van der Waals surface area contributed by atoms with Crippen LogP contribution in [0.4, 0.5) is 5.82 Å². The molecule has 0 amide bonds. The van der Waals surface area contributed by atoms with Crippen molar-refractivity contribution in [2.45, 2.75) is 6.42 Å². The van der Waals surface area contributed by atoms with Gasteiger partial charge in [0.05, 0.1) is 11.0 Å². The van der Waals surface area contributed by atoms with Gasteiger partial charge in [0.2, 0.25) is 0 Å². The predicted octanol–water partition coefficient (Wildman–Crippen LogP) is 4.81. The minimum atomic E-state index is 0.716. The normalized spacial score (nSPS) is 11.5. The average molecular weight is 323 g/mol. The molecule has 0 spiro atoms. The first-order chi connectivity index (χ1) is 12.3. The van der Waals surface area contributed by atoms with Crippen molar-refractivity contribution in [2.24, 2.45) is 0 Å². The van der Waals surface area contributed by atoms with Gasteiger partial charge in [-0.3, -0.25) is 0 Å². The molecule has 0 unspecified atom stereocenters. The van der Waals surface area contributed by atoms with Crippen LogP contribution >= 0.6 is 0 Å². The molecule has 2 N–H and O–H groups in total. The summed E-state index contributed by atoms with van der Waals surface area (Å²) in [5, 5.41) is 8.28. The maximum atomic E-state index is 6.60. The van der Waals surface area contributed by atoms with Crippen molar-refractivity contribution >= 4 is 33.0 Å². The van der Waals surface area contributed by atoms with Gasteiger partial charge in [-0.15, -0.1) is 0 Å². The van der Waals surface area contributed by atoms with Gasteiger partial charge in [-0.1, -0.05) is 72.8 Å². The summed E-state index contributed by atoms with van der Waals surface area (Å²) in [6.45, 7) is 0. The first kappa shape index (κ1) is 14.1. The Kier molecular flexibility index (Phi) is 3.01. The van der Waals surface area contributed by atoms with Crippen LogP contribution in [0.5, 0.6) is 0 Å². The second-order valence-electron chi connectivity index (χ2n) is 6.35. The fraction of sp³-hybridized carbons (Fsp3) is 0.0455. The molecule has 3 aromatic carbocycles. The minimum Gasteiger partial charge on any atom is -0.383 e. The van der Waals surface area contributed by atoms with E-state index in [-0.39, 0.29) is 0 Å². The molecule has 3 heteroatoms. The Hall–Kier alpha value is -3.33. The van der Waals surface area contributed by atoms with Gasteiger partial charge in [0, 0.05) is 22.8 Å². The lowest BCUT2D eigenvalue weighted by atomic mass is 9.98. The SMILES string of the molecule is Nc1c(Cc2ccccc2)c2ccccc2c2c3ccccc3nn12. The fourth-order valence-electron chi connectivity index (χ4n) is 3.67. The molecule has 0 fully saturated rings. The van der Waals surface area contributed by atoms with E-state index in [2.05, 4.69) is 54.6 Å². The van der Waals surface area contributed by atoms with Crippen LogP contribution in [0, 0.1) is 0 Å². The molecule has 0 aliphatic carbocycles. The highest BCUT2D eigenvalue weighted by molar-refractivity contribution is 6.11. The van der Waals surface area contributed by atoms with Gasteiger partial charge in [-0.05, 0) is 17.0 Å². The molecule has 0 saturated heterocycles. The molecule has 2 aromatic heterocycles. The standard InChI is InChI=1S/C22H17N3/c23-22-19(14-15-8-2-1-3-9-15)16-10-4-5-11-17(16)21-18-12-6-7-13-20(18)24-25(21)22/h1-13H,14,23H2. The average Bonchev–Trinajstić information content (AvgIpc) is 3.06. The molecule has 120 valence electrons. The van der Waals surface area contributed by atoms with Gasteiger partial charge in [0.15, 0.2) is 0 Å². The van der Waals surface area contributed by atoms with E-state index < -0.39 is 0 Å². The third-order valence-corrected chi connectivity index (χ3v) is 4.85. The van der Waals surface area contributed by atoms with E-state index in [0.29, 0.717) is 5.82 Å². The molecule has 0 saturated carbocycles. The number of pyridine rings is 1. The smallest absolute Gasteiger partial charge is 0.129 e. The number of nitrogens with two attached hydrogens (primary N) is 1. The highest BCUT2D eigenvalue weighted by Crippen LogP contribution is 2.34. The highest BCUT2D eigenvalue weighted by Gasteiger charge is 2.16. The molecular weight excluding hydrogens is 306 g/mol. The molecule has 3 nitrogen and oxygen atoms in total. The number of hydrogen-bond acceptors (Lipinski definition) is 2. The Morgan fingerprint density at radius 3 is 2.16 bits per heavy atom. The van der Waals surface area contributed by atoms with E-state index in [9.17, 15) is 0 Å². The zero-order valence-corrected chi connectivity index (χ0v) is 13.7. The maximum Gasteiger partial charge on any atom is 0.129 e. The second-order valence-corrected chi connectivity index (χ2v) is 6.35. The van der Waals surface area contributed by atoms with Crippen LogP contribution in [-0.4, -0.2) is 9.61 Å². The molecule has 0 radical (unpaired) electrons. The lowest BCUT2D eigenvalue weighted by Crippen LogP contribution is -2.05. The summed E-state index contributed by atoms with van der Waals surface area (Å²) in [4.78, 5) is 0. The Bertz CT molecular complexity index is 1220. The summed E-state index contributed by atoms with van der Waals surface area (Å²) in [6, 6.07) is 27.1. The predicted molar refractivity (Wildman–Crippen MR) is 104 cm³/mol. The molecule has 25 heavy (non-hydrogen) atoms. The van der Waals surface area contributed by atoms with Gasteiger partial charge < -0.3 is 5.73 Å². The first-order valence-corrected chi connectivity index (χ1v) is 8.43.